The van der Waals surface area contributed by atoms with Gasteiger partial charge in [0.2, 0.25) is 0 Å². The number of benzene rings is 1. The molecule has 1 saturated heterocycles. The Morgan fingerprint density at radius 2 is 2.05 bits per heavy atom. The van der Waals surface area contributed by atoms with Crippen LogP contribution in [0.15, 0.2) is 18.2 Å². The first-order valence-electron chi connectivity index (χ1n) is 6.33. The molecule has 1 aromatic carbocycles. The number of rotatable bonds is 1. The molecule has 0 radical (unpaired) electrons. The Kier molecular flexibility index (Phi) is 4.62. The van der Waals surface area contributed by atoms with Crippen LogP contribution in [-0.4, -0.2) is 41.0 Å². The zero-order valence-electron chi connectivity index (χ0n) is 11.2. The van der Waals surface area contributed by atoms with Gasteiger partial charge in [-0.25, -0.2) is 0 Å². The summed E-state index contributed by atoms with van der Waals surface area (Å²) in [5, 5.41) is 11.3. The quantitative estimate of drug-likeness (QED) is 0.769. The van der Waals surface area contributed by atoms with E-state index in [0.29, 0.717) is 12.5 Å². The number of alkyl halides is 3. The van der Waals surface area contributed by atoms with E-state index in [1.54, 1.807) is 0 Å². The van der Waals surface area contributed by atoms with Gasteiger partial charge in [0, 0.05) is 13.1 Å². The molecule has 1 aromatic rings. The fourth-order valence-electron chi connectivity index (χ4n) is 2.04. The Morgan fingerprint density at radius 1 is 1.36 bits per heavy atom. The molecule has 1 heterocycles. The van der Waals surface area contributed by atoms with Crippen LogP contribution in [0.4, 0.5) is 18.9 Å². The summed E-state index contributed by atoms with van der Waals surface area (Å²) in [7, 11) is 0. The Bertz CT molecular complexity index is 607. The summed E-state index contributed by atoms with van der Waals surface area (Å²) in [6.45, 7) is 0.228. The van der Waals surface area contributed by atoms with Crippen LogP contribution in [0.1, 0.15) is 12.0 Å². The second-order valence-electron chi connectivity index (χ2n) is 4.84. The number of hydrogen-bond acceptors (Lipinski definition) is 3. The zero-order valence-corrected chi connectivity index (χ0v) is 11.9. The molecule has 120 valence electrons. The van der Waals surface area contributed by atoms with E-state index in [9.17, 15) is 27.9 Å². The minimum absolute atomic E-state index is 0.0164. The van der Waals surface area contributed by atoms with Crippen LogP contribution in [0.5, 0.6) is 0 Å². The first-order chi connectivity index (χ1) is 10.2. The number of likely N-dealkylation sites (tertiary alicyclic amines) is 1. The Hall–Kier alpha value is -1.80. The van der Waals surface area contributed by atoms with Crippen molar-refractivity contribution in [2.24, 2.45) is 0 Å². The third-order valence-corrected chi connectivity index (χ3v) is 3.52. The van der Waals surface area contributed by atoms with E-state index in [2.05, 4.69) is 5.32 Å². The summed E-state index contributed by atoms with van der Waals surface area (Å²) in [6, 6.07) is 2.42. The van der Waals surface area contributed by atoms with Gasteiger partial charge in [-0.1, -0.05) is 11.6 Å². The number of anilines is 1. The molecule has 9 heteroatoms. The molecule has 1 atom stereocenters. The molecule has 0 aromatic heterocycles. The second kappa shape index (κ2) is 6.13. The van der Waals surface area contributed by atoms with Crippen molar-refractivity contribution in [1.29, 1.82) is 0 Å². The van der Waals surface area contributed by atoms with Crippen molar-refractivity contribution in [3.8, 4) is 0 Å². The normalized spacial score (nSPS) is 18.4. The smallest absolute Gasteiger partial charge is 0.391 e. The average molecular weight is 337 g/mol. The SMILES string of the molecule is O=C(Nc1cc(C(F)(F)F)ccc1Cl)C(=O)N1CC[C@@H](O)C1. The molecule has 1 fully saturated rings. The molecule has 2 amide bonds. The van der Waals surface area contributed by atoms with Gasteiger partial charge in [0.1, 0.15) is 0 Å². The van der Waals surface area contributed by atoms with E-state index in [1.807, 2.05) is 0 Å². The molecule has 0 unspecified atom stereocenters. The molecule has 0 bridgehead atoms. The molecule has 2 rings (SSSR count). The standard InChI is InChI=1S/C13H12ClF3N2O3/c14-9-2-1-7(13(15,16)17)5-10(9)18-11(21)12(22)19-4-3-8(20)6-19/h1-2,5,8,20H,3-4,6H2,(H,18,21)/t8-/m1/s1. The number of carbonyl (C=O) groups is 2. The lowest BCUT2D eigenvalue weighted by molar-refractivity contribution is -0.142. The highest BCUT2D eigenvalue weighted by molar-refractivity contribution is 6.41. The number of aliphatic hydroxyl groups is 1. The first kappa shape index (κ1) is 16.6. The molecule has 1 aliphatic rings. The molecule has 0 aliphatic carbocycles. The molecule has 22 heavy (non-hydrogen) atoms. The van der Waals surface area contributed by atoms with Gasteiger partial charge < -0.3 is 15.3 Å². The number of nitrogens with one attached hydrogen (secondary N) is 1. The summed E-state index contributed by atoms with van der Waals surface area (Å²) in [4.78, 5) is 24.7. The van der Waals surface area contributed by atoms with E-state index < -0.39 is 29.7 Å². The number of carbonyl (C=O) groups excluding carboxylic acids is 2. The zero-order chi connectivity index (χ0) is 16.5. The van der Waals surface area contributed by atoms with Crippen molar-refractivity contribution < 1.29 is 27.9 Å². The van der Waals surface area contributed by atoms with Crippen LogP contribution in [0.3, 0.4) is 0 Å². The van der Waals surface area contributed by atoms with Crippen molar-refractivity contribution in [3.63, 3.8) is 0 Å². The Balaban J connectivity index is 2.13. The van der Waals surface area contributed by atoms with Gasteiger partial charge in [0.15, 0.2) is 0 Å². The van der Waals surface area contributed by atoms with Crippen molar-refractivity contribution >= 4 is 29.1 Å². The second-order valence-corrected chi connectivity index (χ2v) is 5.25. The highest BCUT2D eigenvalue weighted by Gasteiger charge is 2.32. The van der Waals surface area contributed by atoms with Gasteiger partial charge in [0.25, 0.3) is 0 Å². The number of β-amino-alcohol motifs (C(OH)–C–C–N with tert-alkyl or cyclic N) is 1. The lowest BCUT2D eigenvalue weighted by Gasteiger charge is -2.16. The van der Waals surface area contributed by atoms with Crippen LogP contribution in [-0.2, 0) is 15.8 Å². The minimum atomic E-state index is -4.59. The van der Waals surface area contributed by atoms with Crippen molar-refractivity contribution in [2.75, 3.05) is 18.4 Å². The van der Waals surface area contributed by atoms with Gasteiger partial charge in [-0.2, -0.15) is 13.2 Å². The minimum Gasteiger partial charge on any atom is -0.391 e. The van der Waals surface area contributed by atoms with Crippen LogP contribution in [0.25, 0.3) is 0 Å². The van der Waals surface area contributed by atoms with Crippen LogP contribution < -0.4 is 5.32 Å². The maximum Gasteiger partial charge on any atom is 0.416 e. The maximum absolute atomic E-state index is 12.6. The van der Waals surface area contributed by atoms with E-state index in [0.717, 1.165) is 17.0 Å². The fraction of sp³-hybridized carbons (Fsp3) is 0.385. The summed E-state index contributed by atoms with van der Waals surface area (Å²) >= 11 is 5.73. The number of halogens is 4. The van der Waals surface area contributed by atoms with E-state index in [-0.39, 0.29) is 23.8 Å². The number of nitrogens with zero attached hydrogens (tertiary/aromatic N) is 1. The summed E-state index contributed by atoms with van der Waals surface area (Å²) in [5.41, 5.74) is -1.29. The third kappa shape index (κ3) is 3.69. The lowest BCUT2D eigenvalue weighted by Crippen LogP contribution is -2.38. The summed E-state index contributed by atoms with van der Waals surface area (Å²) in [6.07, 6.45) is -4.94. The predicted octanol–water partition coefficient (Wildman–Crippen LogP) is 1.89. The van der Waals surface area contributed by atoms with Crippen molar-refractivity contribution in [3.05, 3.63) is 28.8 Å². The largest absolute Gasteiger partial charge is 0.416 e. The predicted molar refractivity (Wildman–Crippen MR) is 72.3 cm³/mol. The molecule has 5 nitrogen and oxygen atoms in total. The molecular formula is C13H12ClF3N2O3. The van der Waals surface area contributed by atoms with Crippen molar-refractivity contribution in [1.82, 2.24) is 4.90 Å². The Morgan fingerprint density at radius 3 is 2.59 bits per heavy atom. The van der Waals surface area contributed by atoms with Crippen LogP contribution in [0.2, 0.25) is 5.02 Å². The maximum atomic E-state index is 12.6. The molecule has 0 spiro atoms. The topological polar surface area (TPSA) is 69.6 Å². The van der Waals surface area contributed by atoms with E-state index in [4.69, 9.17) is 11.6 Å². The van der Waals surface area contributed by atoms with Gasteiger partial charge in [-0.15, -0.1) is 0 Å². The van der Waals surface area contributed by atoms with Gasteiger partial charge in [0.05, 0.1) is 22.4 Å². The first-order valence-corrected chi connectivity index (χ1v) is 6.71. The molecule has 1 aliphatic heterocycles. The van der Waals surface area contributed by atoms with Gasteiger partial charge in [-0.3, -0.25) is 9.59 Å². The van der Waals surface area contributed by atoms with E-state index in [1.165, 1.54) is 0 Å². The number of aliphatic hydroxyl groups excluding tert-OH is 1. The third-order valence-electron chi connectivity index (χ3n) is 3.19. The van der Waals surface area contributed by atoms with Crippen LogP contribution in [0, 0.1) is 0 Å². The monoisotopic (exact) mass is 336 g/mol. The molecular weight excluding hydrogens is 325 g/mol. The fourth-order valence-corrected chi connectivity index (χ4v) is 2.21. The molecule has 0 saturated carbocycles. The summed E-state index contributed by atoms with van der Waals surface area (Å²) < 4.78 is 37.9. The molecule has 2 N–H and O–H groups in total. The average Bonchev–Trinajstić information content (AvgIpc) is 2.85. The highest BCUT2D eigenvalue weighted by Crippen LogP contribution is 2.33. The van der Waals surface area contributed by atoms with Crippen molar-refractivity contribution in [2.45, 2.75) is 18.7 Å². The summed E-state index contributed by atoms with van der Waals surface area (Å²) in [5.74, 6) is -2.03. The Labute approximate surface area is 128 Å². The van der Waals surface area contributed by atoms with Gasteiger partial charge >= 0.3 is 18.0 Å². The highest BCUT2D eigenvalue weighted by atomic mass is 35.5. The number of amides is 2. The van der Waals surface area contributed by atoms with Gasteiger partial charge in [-0.05, 0) is 24.6 Å². The lowest BCUT2D eigenvalue weighted by atomic mass is 10.2. The van der Waals surface area contributed by atoms with Crippen LogP contribution >= 0.6 is 11.6 Å². The van der Waals surface area contributed by atoms with E-state index >= 15 is 0 Å². The number of hydrogen-bond donors (Lipinski definition) is 2.